The number of halogens is 2. The first-order valence-electron chi connectivity index (χ1n) is 7.73. The number of hydrogen-bond donors (Lipinski definition) is 0. The van der Waals surface area contributed by atoms with Gasteiger partial charge in [-0.3, -0.25) is 0 Å². The van der Waals surface area contributed by atoms with E-state index < -0.39 is 0 Å². The second-order valence-corrected chi connectivity index (χ2v) is 6.25. The first-order valence-corrected chi connectivity index (χ1v) is 8.11. The summed E-state index contributed by atoms with van der Waals surface area (Å²) >= 11 is 6.11. The van der Waals surface area contributed by atoms with Crippen LogP contribution in [0.3, 0.4) is 0 Å². The number of hydrogen-bond acceptors (Lipinski definition) is 0. The molecule has 0 bridgehead atoms. The highest BCUT2D eigenvalue weighted by atomic mass is 35.5. The van der Waals surface area contributed by atoms with Crippen molar-refractivity contribution in [3.05, 3.63) is 77.2 Å². The van der Waals surface area contributed by atoms with Crippen molar-refractivity contribution in [2.24, 2.45) is 0 Å². The van der Waals surface area contributed by atoms with E-state index in [4.69, 9.17) is 11.6 Å². The number of imidazole rings is 1. The predicted octanol–water partition coefficient (Wildman–Crippen LogP) is 1.09. The molecule has 0 atom stereocenters. The van der Waals surface area contributed by atoms with Crippen LogP contribution in [0.1, 0.15) is 17.8 Å². The quantitative estimate of drug-likeness (QED) is 0.629. The van der Waals surface area contributed by atoms with E-state index in [2.05, 4.69) is 57.8 Å². The van der Waals surface area contributed by atoms with Gasteiger partial charge in [-0.25, -0.2) is 9.13 Å². The van der Waals surface area contributed by atoms with E-state index in [0.29, 0.717) is 0 Å². The smallest absolute Gasteiger partial charge is 0.257 e. The highest BCUT2D eigenvalue weighted by Crippen LogP contribution is 2.24. The van der Waals surface area contributed by atoms with E-state index in [1.807, 2.05) is 12.1 Å². The van der Waals surface area contributed by atoms with E-state index >= 15 is 0 Å². The maximum Gasteiger partial charge on any atom is 0.257 e. The van der Waals surface area contributed by atoms with E-state index in [-0.39, 0.29) is 12.4 Å². The molecule has 0 unspecified atom stereocenters. The lowest BCUT2D eigenvalue weighted by atomic mass is 10.1. The molecular weight excluding hydrogens is 327 g/mol. The minimum Gasteiger partial charge on any atom is -1.00 e. The van der Waals surface area contributed by atoms with Crippen molar-refractivity contribution < 1.29 is 17.0 Å². The van der Waals surface area contributed by atoms with Gasteiger partial charge in [0.2, 0.25) is 0 Å². The van der Waals surface area contributed by atoms with Crippen LogP contribution in [-0.2, 0) is 19.5 Å². The standard InChI is InChI=1S/C19H18ClN2.ClH/c20-17-9-4-6-15(12-17)13-21-14-18(16-7-2-1-3-8-16)22-11-5-10-19(21)22;/h1-4,6-9,12,14H,5,10-11,13H2;1H/q+1;/p-1. The lowest BCUT2D eigenvalue weighted by Crippen LogP contribution is -3.00. The van der Waals surface area contributed by atoms with Crippen molar-refractivity contribution in [3.63, 3.8) is 0 Å². The zero-order valence-corrected chi connectivity index (χ0v) is 14.3. The van der Waals surface area contributed by atoms with Gasteiger partial charge >= 0.3 is 0 Å². The van der Waals surface area contributed by atoms with Crippen molar-refractivity contribution >= 4 is 11.6 Å². The van der Waals surface area contributed by atoms with Crippen molar-refractivity contribution in [3.8, 4) is 11.3 Å². The van der Waals surface area contributed by atoms with Gasteiger partial charge in [0.05, 0.1) is 13.0 Å². The average Bonchev–Trinajstić information content (AvgIpc) is 3.12. The van der Waals surface area contributed by atoms with Gasteiger partial charge in [-0.2, -0.15) is 0 Å². The molecule has 2 heterocycles. The minimum absolute atomic E-state index is 0. The average molecular weight is 345 g/mol. The van der Waals surface area contributed by atoms with Crippen molar-refractivity contribution in [2.75, 3.05) is 0 Å². The van der Waals surface area contributed by atoms with Crippen molar-refractivity contribution in [1.29, 1.82) is 0 Å². The lowest BCUT2D eigenvalue weighted by Gasteiger charge is -2.00. The van der Waals surface area contributed by atoms with Crippen molar-refractivity contribution in [1.82, 2.24) is 4.57 Å². The zero-order chi connectivity index (χ0) is 14.9. The van der Waals surface area contributed by atoms with Gasteiger partial charge in [-0.05, 0) is 24.1 Å². The third-order valence-corrected chi connectivity index (χ3v) is 4.54. The fraction of sp³-hybridized carbons (Fsp3) is 0.211. The molecule has 1 aromatic heterocycles. The molecule has 2 nitrogen and oxygen atoms in total. The summed E-state index contributed by atoms with van der Waals surface area (Å²) < 4.78 is 4.83. The lowest BCUT2D eigenvalue weighted by molar-refractivity contribution is -0.694. The molecule has 0 N–H and O–H groups in total. The van der Waals surface area contributed by atoms with E-state index in [1.54, 1.807) is 0 Å². The van der Waals surface area contributed by atoms with Crippen LogP contribution in [0.25, 0.3) is 11.3 Å². The van der Waals surface area contributed by atoms with Crippen LogP contribution in [0, 0.1) is 0 Å². The maximum absolute atomic E-state index is 6.11. The van der Waals surface area contributed by atoms with Gasteiger partial charge in [0.1, 0.15) is 12.7 Å². The van der Waals surface area contributed by atoms with Crippen LogP contribution in [-0.4, -0.2) is 4.57 Å². The number of aromatic nitrogens is 2. The molecule has 4 rings (SSSR count). The van der Waals surface area contributed by atoms with E-state index in [9.17, 15) is 0 Å². The van der Waals surface area contributed by atoms with Gasteiger partial charge in [0.25, 0.3) is 5.82 Å². The van der Waals surface area contributed by atoms with Gasteiger partial charge in [-0.15, -0.1) is 0 Å². The van der Waals surface area contributed by atoms with E-state index in [0.717, 1.165) is 24.5 Å². The molecule has 3 aromatic rings. The molecule has 2 aromatic carbocycles. The number of nitrogens with zero attached hydrogens (tertiary/aromatic N) is 2. The summed E-state index contributed by atoms with van der Waals surface area (Å²) in [6.07, 6.45) is 4.66. The van der Waals surface area contributed by atoms with Gasteiger partial charge in [-0.1, -0.05) is 54.1 Å². The molecule has 4 heteroatoms. The Hall–Kier alpha value is -1.77. The number of benzene rings is 2. The Labute approximate surface area is 147 Å². The van der Waals surface area contributed by atoms with Crippen LogP contribution in [0.15, 0.2) is 60.8 Å². The van der Waals surface area contributed by atoms with Crippen molar-refractivity contribution in [2.45, 2.75) is 25.9 Å². The minimum atomic E-state index is 0. The SMILES string of the molecule is Clc1cccc(C[n+]2cc(-c3ccccc3)n3c2CCC3)c1.[Cl-]. The third kappa shape index (κ3) is 3.15. The molecule has 0 radical (unpaired) electrons. The van der Waals surface area contributed by atoms with Crippen LogP contribution in [0.5, 0.6) is 0 Å². The third-order valence-electron chi connectivity index (χ3n) is 4.31. The Morgan fingerprint density at radius 2 is 1.87 bits per heavy atom. The Bertz CT molecular complexity index is 809. The second-order valence-electron chi connectivity index (χ2n) is 5.81. The normalized spacial score (nSPS) is 12.7. The summed E-state index contributed by atoms with van der Waals surface area (Å²) in [5.41, 5.74) is 3.85. The Morgan fingerprint density at radius 3 is 2.65 bits per heavy atom. The van der Waals surface area contributed by atoms with Crippen LogP contribution < -0.4 is 17.0 Å². The molecule has 0 amide bonds. The molecule has 1 aliphatic heterocycles. The van der Waals surface area contributed by atoms with Crippen LogP contribution >= 0.6 is 11.6 Å². The predicted molar refractivity (Wildman–Crippen MR) is 88.9 cm³/mol. The zero-order valence-electron chi connectivity index (χ0n) is 12.8. The summed E-state index contributed by atoms with van der Waals surface area (Å²) in [7, 11) is 0. The molecule has 0 fully saturated rings. The van der Waals surface area contributed by atoms with Gasteiger partial charge in [0, 0.05) is 10.6 Å². The summed E-state index contributed by atoms with van der Waals surface area (Å²) in [6, 6.07) is 18.8. The molecule has 1 aliphatic rings. The summed E-state index contributed by atoms with van der Waals surface area (Å²) in [4.78, 5) is 0. The van der Waals surface area contributed by atoms with Crippen LogP contribution in [0.4, 0.5) is 0 Å². The Kier molecular flexibility index (Phi) is 4.74. The summed E-state index contributed by atoms with van der Waals surface area (Å²) in [6.45, 7) is 1.99. The molecule has 0 spiro atoms. The fourth-order valence-corrected chi connectivity index (χ4v) is 3.53. The second kappa shape index (κ2) is 6.77. The number of fused-ring (bicyclic) bond motifs is 1. The summed E-state index contributed by atoms with van der Waals surface area (Å²) in [5, 5.41) is 0.803. The maximum atomic E-state index is 6.11. The molecule has 0 aliphatic carbocycles. The van der Waals surface area contributed by atoms with Crippen LogP contribution in [0.2, 0.25) is 5.02 Å². The first-order chi connectivity index (χ1) is 10.8. The first kappa shape index (κ1) is 16.1. The monoisotopic (exact) mass is 344 g/mol. The Balaban J connectivity index is 0.00000156. The topological polar surface area (TPSA) is 8.81 Å². The fourth-order valence-electron chi connectivity index (χ4n) is 3.32. The largest absolute Gasteiger partial charge is 1.00 e. The van der Waals surface area contributed by atoms with Gasteiger partial charge < -0.3 is 12.4 Å². The van der Waals surface area contributed by atoms with Gasteiger partial charge in [0.15, 0.2) is 5.69 Å². The molecular formula is C19H18Cl2N2. The molecule has 0 saturated carbocycles. The molecule has 23 heavy (non-hydrogen) atoms. The van der Waals surface area contributed by atoms with E-state index in [1.165, 1.54) is 29.1 Å². The number of rotatable bonds is 3. The molecule has 0 saturated heterocycles. The molecule has 118 valence electrons. The summed E-state index contributed by atoms with van der Waals surface area (Å²) in [5.74, 6) is 1.42. The highest BCUT2D eigenvalue weighted by Gasteiger charge is 2.28. The highest BCUT2D eigenvalue weighted by molar-refractivity contribution is 6.30. The Morgan fingerprint density at radius 1 is 1.04 bits per heavy atom.